The largest absolute Gasteiger partial charge is 0.440 e. The van der Waals surface area contributed by atoms with E-state index in [1.54, 1.807) is 18.7 Å². The molecule has 0 aliphatic heterocycles. The van der Waals surface area contributed by atoms with Gasteiger partial charge in [0.2, 0.25) is 5.89 Å². The monoisotopic (exact) mass is 192 g/mol. The first kappa shape index (κ1) is 8.96. The highest BCUT2D eigenvalue weighted by Crippen LogP contribution is 2.16. The van der Waals surface area contributed by atoms with Gasteiger partial charge in [0, 0.05) is 6.42 Å². The van der Waals surface area contributed by atoms with Crippen molar-refractivity contribution < 1.29 is 4.42 Å². The number of nitrogens with zero attached hydrogens (tertiary/aromatic N) is 2. The molecule has 0 amide bonds. The SMILES string of the molecule is NCCCc1cnc(-c2cnc[nH]2)o1. The van der Waals surface area contributed by atoms with Crippen LogP contribution in [0.15, 0.2) is 23.1 Å². The van der Waals surface area contributed by atoms with Crippen molar-refractivity contribution in [1.82, 2.24) is 15.0 Å². The molecule has 0 aromatic carbocycles. The van der Waals surface area contributed by atoms with Gasteiger partial charge in [-0.3, -0.25) is 0 Å². The fourth-order valence-electron chi connectivity index (χ4n) is 1.20. The lowest BCUT2D eigenvalue weighted by molar-refractivity contribution is 0.510. The summed E-state index contributed by atoms with van der Waals surface area (Å²) in [6.45, 7) is 0.667. The Morgan fingerprint density at radius 2 is 2.36 bits per heavy atom. The fraction of sp³-hybridized carbons (Fsp3) is 0.333. The number of hydrogen-bond acceptors (Lipinski definition) is 4. The molecular formula is C9H12N4O. The summed E-state index contributed by atoms with van der Waals surface area (Å²) in [4.78, 5) is 11.0. The van der Waals surface area contributed by atoms with E-state index in [4.69, 9.17) is 10.2 Å². The molecule has 2 aromatic rings. The number of nitrogens with one attached hydrogen (secondary N) is 1. The average Bonchev–Trinajstić information content (AvgIpc) is 2.85. The van der Waals surface area contributed by atoms with Crippen LogP contribution in [0.25, 0.3) is 11.6 Å². The molecule has 2 rings (SSSR count). The second-order valence-electron chi connectivity index (χ2n) is 2.99. The number of nitrogens with two attached hydrogens (primary N) is 1. The molecule has 0 radical (unpaired) electrons. The second kappa shape index (κ2) is 4.06. The molecular weight excluding hydrogens is 180 g/mol. The van der Waals surface area contributed by atoms with Crippen LogP contribution in [-0.2, 0) is 6.42 Å². The van der Waals surface area contributed by atoms with Gasteiger partial charge in [0.25, 0.3) is 0 Å². The molecule has 5 heteroatoms. The number of aromatic nitrogens is 3. The average molecular weight is 192 g/mol. The minimum Gasteiger partial charge on any atom is -0.440 e. The van der Waals surface area contributed by atoms with E-state index in [0.29, 0.717) is 12.4 Å². The summed E-state index contributed by atoms with van der Waals surface area (Å²) in [6, 6.07) is 0. The van der Waals surface area contributed by atoms with E-state index in [9.17, 15) is 0 Å². The van der Waals surface area contributed by atoms with E-state index in [-0.39, 0.29) is 0 Å². The van der Waals surface area contributed by atoms with Gasteiger partial charge in [-0.05, 0) is 13.0 Å². The van der Waals surface area contributed by atoms with Crippen LogP contribution in [0.3, 0.4) is 0 Å². The predicted molar refractivity (Wildman–Crippen MR) is 51.5 cm³/mol. The zero-order valence-corrected chi connectivity index (χ0v) is 7.73. The first-order valence-corrected chi connectivity index (χ1v) is 4.53. The van der Waals surface area contributed by atoms with Crippen molar-refractivity contribution in [2.75, 3.05) is 6.54 Å². The first-order chi connectivity index (χ1) is 6.90. The van der Waals surface area contributed by atoms with Crippen LogP contribution in [0.5, 0.6) is 0 Å². The Bertz CT molecular complexity index is 379. The standard InChI is InChI=1S/C9H12N4O/c10-3-1-2-7-4-12-9(14-7)8-5-11-6-13-8/h4-6H,1-3,10H2,(H,11,13). The summed E-state index contributed by atoms with van der Waals surface area (Å²) in [5.41, 5.74) is 6.19. The van der Waals surface area contributed by atoms with Crippen molar-refractivity contribution in [2.24, 2.45) is 5.73 Å². The Hall–Kier alpha value is -1.62. The van der Waals surface area contributed by atoms with Gasteiger partial charge < -0.3 is 15.1 Å². The number of aromatic amines is 1. The summed E-state index contributed by atoms with van der Waals surface area (Å²) < 4.78 is 5.49. The van der Waals surface area contributed by atoms with Gasteiger partial charge in [-0.25, -0.2) is 9.97 Å². The van der Waals surface area contributed by atoms with Gasteiger partial charge in [0.15, 0.2) is 0 Å². The van der Waals surface area contributed by atoms with E-state index < -0.39 is 0 Å². The van der Waals surface area contributed by atoms with Crippen LogP contribution in [-0.4, -0.2) is 21.5 Å². The zero-order chi connectivity index (χ0) is 9.80. The van der Waals surface area contributed by atoms with Crippen LogP contribution in [0.1, 0.15) is 12.2 Å². The van der Waals surface area contributed by atoms with E-state index in [0.717, 1.165) is 24.3 Å². The van der Waals surface area contributed by atoms with Crippen molar-refractivity contribution in [3.05, 3.63) is 24.5 Å². The predicted octanol–water partition coefficient (Wildman–Crippen LogP) is 0.956. The maximum Gasteiger partial charge on any atom is 0.244 e. The molecule has 2 aromatic heterocycles. The van der Waals surface area contributed by atoms with E-state index in [1.165, 1.54) is 0 Å². The molecule has 2 heterocycles. The minimum atomic E-state index is 0.578. The normalized spacial score (nSPS) is 10.6. The summed E-state index contributed by atoms with van der Waals surface area (Å²) in [5, 5.41) is 0. The van der Waals surface area contributed by atoms with Crippen LogP contribution in [0.2, 0.25) is 0 Å². The van der Waals surface area contributed by atoms with Gasteiger partial charge >= 0.3 is 0 Å². The lowest BCUT2D eigenvalue weighted by atomic mass is 10.3. The van der Waals surface area contributed by atoms with Crippen LogP contribution >= 0.6 is 0 Å². The lowest BCUT2D eigenvalue weighted by Gasteiger charge is -1.91. The molecule has 14 heavy (non-hydrogen) atoms. The molecule has 0 aliphatic rings. The number of aryl methyl sites for hydroxylation is 1. The van der Waals surface area contributed by atoms with E-state index >= 15 is 0 Å². The van der Waals surface area contributed by atoms with Gasteiger partial charge in [0.05, 0.1) is 18.7 Å². The smallest absolute Gasteiger partial charge is 0.244 e. The molecule has 0 spiro atoms. The highest BCUT2D eigenvalue weighted by Gasteiger charge is 2.06. The molecule has 74 valence electrons. The molecule has 0 unspecified atom stereocenters. The highest BCUT2D eigenvalue weighted by atomic mass is 16.4. The molecule has 0 bridgehead atoms. The fourth-order valence-corrected chi connectivity index (χ4v) is 1.20. The van der Waals surface area contributed by atoms with E-state index in [2.05, 4.69) is 15.0 Å². The maximum absolute atomic E-state index is 5.49. The topological polar surface area (TPSA) is 80.7 Å². The maximum atomic E-state index is 5.49. The summed E-state index contributed by atoms with van der Waals surface area (Å²) in [7, 11) is 0. The minimum absolute atomic E-state index is 0.578. The first-order valence-electron chi connectivity index (χ1n) is 4.53. The Morgan fingerprint density at radius 1 is 1.43 bits per heavy atom. The summed E-state index contributed by atoms with van der Waals surface area (Å²) in [5.74, 6) is 1.44. The van der Waals surface area contributed by atoms with Crippen molar-refractivity contribution >= 4 is 0 Å². The molecule has 0 atom stereocenters. The van der Waals surface area contributed by atoms with E-state index in [1.807, 2.05) is 0 Å². The Balaban J connectivity index is 2.10. The van der Waals surface area contributed by atoms with Crippen molar-refractivity contribution in [3.63, 3.8) is 0 Å². The third-order valence-corrected chi connectivity index (χ3v) is 1.91. The van der Waals surface area contributed by atoms with Gasteiger partial charge in [-0.2, -0.15) is 0 Å². The lowest BCUT2D eigenvalue weighted by Crippen LogP contribution is -1.99. The molecule has 0 fully saturated rings. The third-order valence-electron chi connectivity index (χ3n) is 1.91. The van der Waals surface area contributed by atoms with Gasteiger partial charge in [-0.15, -0.1) is 0 Å². The Labute approximate surface area is 81.4 Å². The molecule has 3 N–H and O–H groups in total. The third kappa shape index (κ3) is 1.82. The number of rotatable bonds is 4. The van der Waals surface area contributed by atoms with Crippen LogP contribution < -0.4 is 5.73 Å². The number of H-pyrrole nitrogens is 1. The molecule has 0 saturated carbocycles. The molecule has 0 saturated heterocycles. The summed E-state index contributed by atoms with van der Waals surface area (Å²) in [6.07, 6.45) is 6.75. The summed E-state index contributed by atoms with van der Waals surface area (Å²) >= 11 is 0. The zero-order valence-electron chi connectivity index (χ0n) is 7.73. The highest BCUT2D eigenvalue weighted by molar-refractivity contribution is 5.44. The van der Waals surface area contributed by atoms with Crippen LogP contribution in [0, 0.1) is 0 Å². The number of oxazole rings is 1. The number of hydrogen-bond donors (Lipinski definition) is 2. The van der Waals surface area contributed by atoms with Gasteiger partial charge in [0.1, 0.15) is 11.5 Å². The molecule has 5 nitrogen and oxygen atoms in total. The number of imidazole rings is 1. The Morgan fingerprint density at radius 3 is 3.07 bits per heavy atom. The Kier molecular flexibility index (Phi) is 2.60. The van der Waals surface area contributed by atoms with Crippen molar-refractivity contribution in [3.8, 4) is 11.6 Å². The van der Waals surface area contributed by atoms with Crippen molar-refractivity contribution in [1.29, 1.82) is 0 Å². The van der Waals surface area contributed by atoms with Crippen LogP contribution in [0.4, 0.5) is 0 Å². The second-order valence-corrected chi connectivity index (χ2v) is 2.99. The van der Waals surface area contributed by atoms with Gasteiger partial charge in [-0.1, -0.05) is 0 Å². The quantitative estimate of drug-likeness (QED) is 0.755. The van der Waals surface area contributed by atoms with Crippen molar-refractivity contribution in [2.45, 2.75) is 12.8 Å². The molecule has 0 aliphatic carbocycles.